The van der Waals surface area contributed by atoms with Crippen LogP contribution in [-0.4, -0.2) is 62.9 Å². The molecule has 0 atom stereocenters. The van der Waals surface area contributed by atoms with E-state index in [0.29, 0.717) is 5.82 Å². The molecule has 8 nitrogen and oxygen atoms in total. The smallest absolute Gasteiger partial charge is 0.263 e. The molecular weight excluding hydrogens is 354 g/mol. The van der Waals surface area contributed by atoms with E-state index in [2.05, 4.69) is 25.1 Å². The molecule has 0 radical (unpaired) electrons. The Bertz CT molecular complexity index is 821. The fraction of sp³-hybridized carbons (Fsp3) is 0.412. The summed E-state index contributed by atoms with van der Waals surface area (Å²) in [6, 6.07) is 10.0. The summed E-state index contributed by atoms with van der Waals surface area (Å²) in [7, 11) is -3.67. The lowest BCUT2D eigenvalue weighted by atomic mass is 10.2. The molecular formula is C17H23N5O3S. The second-order valence-electron chi connectivity index (χ2n) is 6.11. The first-order valence-corrected chi connectivity index (χ1v) is 9.98. The molecule has 1 fully saturated rings. The number of ether oxygens (including phenoxy) is 1. The first-order chi connectivity index (χ1) is 12.5. The number of sulfonamides is 1. The molecule has 0 aliphatic carbocycles. The van der Waals surface area contributed by atoms with Crippen LogP contribution < -0.4 is 10.0 Å². The van der Waals surface area contributed by atoms with Crippen LogP contribution in [0.4, 0.5) is 11.6 Å². The number of morpholine rings is 1. The van der Waals surface area contributed by atoms with Crippen LogP contribution in [0.15, 0.2) is 41.3 Å². The van der Waals surface area contributed by atoms with E-state index in [1.54, 1.807) is 30.3 Å². The predicted molar refractivity (Wildman–Crippen MR) is 99.8 cm³/mol. The molecule has 26 heavy (non-hydrogen) atoms. The molecule has 0 amide bonds. The summed E-state index contributed by atoms with van der Waals surface area (Å²) in [5.41, 5.74) is 0.874. The Kier molecular flexibility index (Phi) is 6.02. The minimum absolute atomic E-state index is 0.185. The Morgan fingerprint density at radius 3 is 2.54 bits per heavy atom. The highest BCUT2D eigenvalue weighted by Gasteiger charge is 2.15. The lowest BCUT2D eigenvalue weighted by Gasteiger charge is -2.26. The third-order valence-corrected chi connectivity index (χ3v) is 5.39. The second kappa shape index (κ2) is 8.43. The van der Waals surface area contributed by atoms with Gasteiger partial charge in [0.05, 0.1) is 18.1 Å². The highest BCUT2D eigenvalue weighted by molar-refractivity contribution is 7.92. The van der Waals surface area contributed by atoms with Crippen LogP contribution in [0.25, 0.3) is 0 Å². The minimum Gasteiger partial charge on any atom is -0.379 e. The van der Waals surface area contributed by atoms with Crippen molar-refractivity contribution < 1.29 is 13.2 Å². The van der Waals surface area contributed by atoms with Gasteiger partial charge in [0.25, 0.3) is 10.0 Å². The van der Waals surface area contributed by atoms with Crippen LogP contribution in [0.2, 0.25) is 0 Å². The summed E-state index contributed by atoms with van der Waals surface area (Å²) in [6.45, 7) is 6.90. The van der Waals surface area contributed by atoms with Crippen molar-refractivity contribution in [2.45, 2.75) is 11.8 Å². The topological polar surface area (TPSA) is 96.5 Å². The molecule has 0 unspecified atom stereocenters. The van der Waals surface area contributed by atoms with Crippen molar-refractivity contribution in [2.75, 3.05) is 49.4 Å². The van der Waals surface area contributed by atoms with Crippen molar-refractivity contribution in [3.63, 3.8) is 0 Å². The molecule has 1 aliphatic heterocycles. The maximum Gasteiger partial charge on any atom is 0.263 e. The first-order valence-electron chi connectivity index (χ1n) is 8.50. The maximum atomic E-state index is 12.4. The fourth-order valence-corrected chi connectivity index (χ4v) is 3.73. The molecule has 140 valence electrons. The molecule has 9 heteroatoms. The van der Waals surface area contributed by atoms with Gasteiger partial charge in [-0.15, -0.1) is 10.2 Å². The maximum absolute atomic E-state index is 12.4. The highest BCUT2D eigenvalue weighted by Crippen LogP contribution is 2.15. The van der Waals surface area contributed by atoms with Gasteiger partial charge in [-0.25, -0.2) is 8.42 Å². The number of benzene rings is 1. The van der Waals surface area contributed by atoms with Crippen LogP contribution >= 0.6 is 0 Å². The largest absolute Gasteiger partial charge is 0.379 e. The SMILES string of the molecule is Cc1cccc(S(=O)(=O)Nc2ccc(NCCN3CCOCC3)nn2)c1. The van der Waals surface area contributed by atoms with Crippen molar-refractivity contribution >= 4 is 21.7 Å². The van der Waals surface area contributed by atoms with E-state index >= 15 is 0 Å². The van der Waals surface area contributed by atoms with Gasteiger partial charge in [-0.05, 0) is 36.8 Å². The average molecular weight is 377 g/mol. The Hall–Kier alpha value is -2.23. The summed E-state index contributed by atoms with van der Waals surface area (Å²) in [5, 5.41) is 11.2. The molecule has 1 aromatic heterocycles. The van der Waals surface area contributed by atoms with Crippen molar-refractivity contribution in [3.05, 3.63) is 42.0 Å². The molecule has 2 heterocycles. The Balaban J connectivity index is 1.54. The van der Waals surface area contributed by atoms with E-state index in [0.717, 1.165) is 45.0 Å². The van der Waals surface area contributed by atoms with Crippen molar-refractivity contribution in [1.82, 2.24) is 15.1 Å². The first kappa shape index (κ1) is 18.6. The zero-order valence-electron chi connectivity index (χ0n) is 14.7. The van der Waals surface area contributed by atoms with Gasteiger partial charge in [-0.3, -0.25) is 9.62 Å². The summed E-state index contributed by atoms with van der Waals surface area (Å²) in [5.74, 6) is 0.794. The van der Waals surface area contributed by atoms with Gasteiger partial charge in [-0.2, -0.15) is 0 Å². The summed E-state index contributed by atoms with van der Waals surface area (Å²) < 4.78 is 32.5. The number of hydrogen-bond acceptors (Lipinski definition) is 7. The van der Waals surface area contributed by atoms with Gasteiger partial charge in [-0.1, -0.05) is 12.1 Å². The molecule has 1 aromatic carbocycles. The summed E-state index contributed by atoms with van der Waals surface area (Å²) >= 11 is 0. The van der Waals surface area contributed by atoms with Crippen LogP contribution in [0, 0.1) is 6.92 Å². The van der Waals surface area contributed by atoms with Crippen LogP contribution in [0.5, 0.6) is 0 Å². The molecule has 1 aliphatic rings. The number of hydrogen-bond donors (Lipinski definition) is 2. The zero-order chi connectivity index (χ0) is 18.4. The molecule has 1 saturated heterocycles. The van der Waals surface area contributed by atoms with Crippen LogP contribution in [0.1, 0.15) is 5.56 Å². The number of rotatable bonds is 7. The average Bonchev–Trinajstić information content (AvgIpc) is 2.64. The van der Waals surface area contributed by atoms with E-state index in [1.165, 1.54) is 0 Å². The zero-order valence-corrected chi connectivity index (χ0v) is 15.5. The fourth-order valence-electron chi connectivity index (χ4n) is 2.63. The van der Waals surface area contributed by atoms with Crippen molar-refractivity contribution in [3.8, 4) is 0 Å². The standard InChI is InChI=1S/C17H23N5O3S/c1-14-3-2-4-15(13-14)26(23,24)21-17-6-5-16(19-20-17)18-7-8-22-9-11-25-12-10-22/h2-6,13H,7-12H2,1H3,(H,18,19)(H,20,21). The number of aromatic nitrogens is 2. The molecule has 0 bridgehead atoms. The van der Waals surface area contributed by atoms with Crippen molar-refractivity contribution in [1.29, 1.82) is 0 Å². The lowest BCUT2D eigenvalue weighted by Crippen LogP contribution is -2.39. The van der Waals surface area contributed by atoms with Gasteiger partial charge in [0, 0.05) is 26.2 Å². The highest BCUT2D eigenvalue weighted by atomic mass is 32.2. The molecule has 2 aromatic rings. The molecule has 0 saturated carbocycles. The van der Waals surface area contributed by atoms with Gasteiger partial charge >= 0.3 is 0 Å². The van der Waals surface area contributed by atoms with E-state index in [-0.39, 0.29) is 10.7 Å². The van der Waals surface area contributed by atoms with E-state index < -0.39 is 10.0 Å². The predicted octanol–water partition coefficient (Wildman–Crippen LogP) is 1.33. The monoisotopic (exact) mass is 377 g/mol. The van der Waals surface area contributed by atoms with Gasteiger partial charge < -0.3 is 10.1 Å². The van der Waals surface area contributed by atoms with E-state index in [9.17, 15) is 8.42 Å². The number of nitrogens with one attached hydrogen (secondary N) is 2. The Morgan fingerprint density at radius 2 is 1.85 bits per heavy atom. The summed E-state index contributed by atoms with van der Waals surface area (Å²) in [6.07, 6.45) is 0. The number of aryl methyl sites for hydroxylation is 1. The van der Waals surface area contributed by atoms with Crippen LogP contribution in [-0.2, 0) is 14.8 Å². The Morgan fingerprint density at radius 1 is 1.12 bits per heavy atom. The van der Waals surface area contributed by atoms with Crippen LogP contribution in [0.3, 0.4) is 0 Å². The third kappa shape index (κ3) is 5.13. The third-order valence-electron chi connectivity index (χ3n) is 4.04. The Labute approximate surface area is 153 Å². The summed E-state index contributed by atoms with van der Waals surface area (Å²) in [4.78, 5) is 2.51. The number of nitrogens with zero attached hydrogens (tertiary/aromatic N) is 3. The molecule has 0 spiro atoms. The quantitative estimate of drug-likeness (QED) is 0.751. The normalized spacial score (nSPS) is 15.6. The van der Waals surface area contributed by atoms with Gasteiger partial charge in [0.1, 0.15) is 5.82 Å². The van der Waals surface area contributed by atoms with Gasteiger partial charge in [0.2, 0.25) is 0 Å². The number of anilines is 2. The second-order valence-corrected chi connectivity index (χ2v) is 7.79. The van der Waals surface area contributed by atoms with E-state index in [1.807, 2.05) is 13.0 Å². The van der Waals surface area contributed by atoms with Crippen molar-refractivity contribution in [2.24, 2.45) is 0 Å². The van der Waals surface area contributed by atoms with E-state index in [4.69, 9.17) is 4.74 Å². The minimum atomic E-state index is -3.67. The molecule has 2 N–H and O–H groups in total. The lowest BCUT2D eigenvalue weighted by molar-refractivity contribution is 0.0398. The van der Waals surface area contributed by atoms with Gasteiger partial charge in [0.15, 0.2) is 5.82 Å². The molecule has 3 rings (SSSR count).